The highest BCUT2D eigenvalue weighted by atomic mass is 19.4. The van der Waals surface area contributed by atoms with Gasteiger partial charge < -0.3 is 20.3 Å². The van der Waals surface area contributed by atoms with Crippen LogP contribution in [0.1, 0.15) is 66.1 Å². The van der Waals surface area contributed by atoms with Gasteiger partial charge in [0.15, 0.2) is 5.60 Å². The van der Waals surface area contributed by atoms with Crippen molar-refractivity contribution in [3.63, 3.8) is 0 Å². The molecule has 1 aromatic rings. The Labute approximate surface area is 190 Å². The molecule has 2 amide bonds. The summed E-state index contributed by atoms with van der Waals surface area (Å²) in [6.07, 6.45) is -8.09. The summed E-state index contributed by atoms with van der Waals surface area (Å²) in [6, 6.07) is 1.40. The van der Waals surface area contributed by atoms with Gasteiger partial charge in [-0.25, -0.2) is 14.6 Å². The highest BCUT2D eigenvalue weighted by molar-refractivity contribution is 5.88. The second-order valence-corrected chi connectivity index (χ2v) is 9.97. The first kappa shape index (κ1) is 26.5. The predicted octanol–water partition coefficient (Wildman–Crippen LogP) is 4.38. The van der Waals surface area contributed by atoms with E-state index in [1.807, 2.05) is 0 Å². The van der Waals surface area contributed by atoms with Gasteiger partial charge in [-0.15, -0.1) is 0 Å². The van der Waals surface area contributed by atoms with Gasteiger partial charge in [0.1, 0.15) is 17.0 Å². The van der Waals surface area contributed by atoms with Gasteiger partial charge in [0.2, 0.25) is 0 Å². The molecule has 0 aliphatic carbocycles. The lowest BCUT2D eigenvalue weighted by molar-refractivity contribution is -0.277. The van der Waals surface area contributed by atoms with Gasteiger partial charge in [-0.05, 0) is 53.7 Å². The van der Waals surface area contributed by atoms with Crippen LogP contribution in [0.15, 0.2) is 12.1 Å². The number of likely N-dealkylation sites (tertiary alicyclic amines) is 1. The van der Waals surface area contributed by atoms with Crippen LogP contribution in [0.4, 0.5) is 34.3 Å². The van der Waals surface area contributed by atoms with Gasteiger partial charge in [-0.3, -0.25) is 10.2 Å². The van der Waals surface area contributed by atoms with Crippen molar-refractivity contribution in [3.8, 4) is 0 Å². The number of alkyl halides is 3. The number of piperidine rings is 1. The lowest BCUT2D eigenvalue weighted by Crippen LogP contribution is -2.56. The predicted molar refractivity (Wildman–Crippen MR) is 114 cm³/mol. The second-order valence-electron chi connectivity index (χ2n) is 9.97. The lowest BCUT2D eigenvalue weighted by atomic mass is 9.84. The summed E-state index contributed by atoms with van der Waals surface area (Å²) in [6.45, 7) is 9.50. The maximum atomic E-state index is 13.5. The van der Waals surface area contributed by atoms with E-state index in [1.54, 1.807) is 41.5 Å². The molecule has 1 fully saturated rings. The number of carbonyl (C=O) groups is 2. The summed E-state index contributed by atoms with van der Waals surface area (Å²) in [5, 5.41) is 12.7. The topological polar surface area (TPSA) is 127 Å². The molecule has 0 spiro atoms. The third-order valence-corrected chi connectivity index (χ3v) is 4.75. The molecule has 9 nitrogen and oxygen atoms in total. The zero-order valence-electron chi connectivity index (χ0n) is 19.5. The number of anilines is 2. The van der Waals surface area contributed by atoms with E-state index in [4.69, 9.17) is 15.2 Å². The molecule has 2 heterocycles. The average molecular weight is 476 g/mol. The zero-order chi connectivity index (χ0) is 25.4. The molecule has 33 heavy (non-hydrogen) atoms. The fourth-order valence-corrected chi connectivity index (χ4v) is 3.25. The van der Waals surface area contributed by atoms with Crippen LogP contribution in [0.5, 0.6) is 0 Å². The van der Waals surface area contributed by atoms with Gasteiger partial charge in [0.05, 0.1) is 17.4 Å². The largest absolute Gasteiger partial charge is 0.444 e. The Balaban J connectivity index is 2.36. The normalized spacial score (nSPS) is 22.0. The van der Waals surface area contributed by atoms with Crippen molar-refractivity contribution >= 4 is 23.7 Å². The molecular weight excluding hydrogens is 445 g/mol. The molecular formula is C21H31F3N4O5. The first-order chi connectivity index (χ1) is 14.8. The maximum Gasteiger partial charge on any atom is 0.417 e. The highest BCUT2D eigenvalue weighted by Gasteiger charge is 2.58. The summed E-state index contributed by atoms with van der Waals surface area (Å²) in [7, 11) is 0. The van der Waals surface area contributed by atoms with Crippen LogP contribution in [-0.4, -0.2) is 56.7 Å². The number of amides is 2. The summed E-state index contributed by atoms with van der Waals surface area (Å²) in [5.74, 6) is -0.191. The number of nitrogens with one attached hydrogen (secondary N) is 1. The fourth-order valence-electron chi connectivity index (χ4n) is 3.25. The number of hydrogen-bond donors (Lipinski definition) is 3. The third-order valence-electron chi connectivity index (χ3n) is 4.75. The van der Waals surface area contributed by atoms with Gasteiger partial charge in [0, 0.05) is 19.4 Å². The van der Waals surface area contributed by atoms with E-state index in [1.165, 1.54) is 12.1 Å². The number of aliphatic hydroxyl groups is 1. The Morgan fingerprint density at radius 1 is 1.15 bits per heavy atom. The molecule has 2 rings (SSSR count). The minimum absolute atomic E-state index is 0.00970. The number of nitrogen functional groups attached to an aromatic ring is 1. The Bertz CT molecular complexity index is 895. The molecule has 0 saturated carbocycles. The summed E-state index contributed by atoms with van der Waals surface area (Å²) < 4.78 is 51.1. The number of aromatic nitrogens is 1. The summed E-state index contributed by atoms with van der Waals surface area (Å²) in [4.78, 5) is 29.9. The SMILES string of the molecule is CC(C)(C)OC(=O)Nc1ccc(C2CC(O)(C(F)(F)F)CCN2C(=O)OC(C)(C)C)nc1N. The Morgan fingerprint density at radius 2 is 1.73 bits per heavy atom. The number of pyridine rings is 1. The molecule has 0 aromatic carbocycles. The average Bonchev–Trinajstić information content (AvgIpc) is 2.59. The van der Waals surface area contributed by atoms with E-state index in [9.17, 15) is 27.9 Å². The van der Waals surface area contributed by atoms with Crippen molar-refractivity contribution in [1.82, 2.24) is 9.88 Å². The van der Waals surface area contributed by atoms with Gasteiger partial charge in [0.25, 0.3) is 0 Å². The second kappa shape index (κ2) is 8.88. The number of ether oxygens (including phenoxy) is 2. The van der Waals surface area contributed by atoms with Crippen LogP contribution in [0, 0.1) is 0 Å². The molecule has 1 aromatic heterocycles. The molecule has 4 N–H and O–H groups in total. The number of nitrogens with two attached hydrogens (primary N) is 1. The third kappa shape index (κ3) is 6.86. The van der Waals surface area contributed by atoms with Crippen LogP contribution in [0.25, 0.3) is 0 Å². The number of rotatable bonds is 2. The minimum Gasteiger partial charge on any atom is -0.444 e. The Hall–Kier alpha value is -2.76. The minimum atomic E-state index is -4.91. The maximum absolute atomic E-state index is 13.5. The first-order valence-electron chi connectivity index (χ1n) is 10.4. The van der Waals surface area contributed by atoms with Crippen molar-refractivity contribution in [1.29, 1.82) is 0 Å². The molecule has 0 radical (unpaired) electrons. The van der Waals surface area contributed by atoms with Crippen molar-refractivity contribution in [2.24, 2.45) is 0 Å². The van der Waals surface area contributed by atoms with Crippen LogP contribution in [0.3, 0.4) is 0 Å². The molecule has 12 heteroatoms. The quantitative estimate of drug-likeness (QED) is 0.578. The number of carbonyl (C=O) groups excluding carboxylic acids is 2. The number of hydrogen-bond acceptors (Lipinski definition) is 7. The molecule has 1 aliphatic heterocycles. The summed E-state index contributed by atoms with van der Waals surface area (Å²) in [5.41, 5.74) is 1.35. The van der Waals surface area contributed by atoms with Gasteiger partial charge >= 0.3 is 18.4 Å². The van der Waals surface area contributed by atoms with Gasteiger partial charge in [-0.2, -0.15) is 13.2 Å². The van der Waals surface area contributed by atoms with E-state index < -0.39 is 60.6 Å². The zero-order valence-corrected chi connectivity index (χ0v) is 19.5. The van der Waals surface area contributed by atoms with E-state index >= 15 is 0 Å². The van der Waals surface area contributed by atoms with Crippen LogP contribution < -0.4 is 11.1 Å². The molecule has 1 aliphatic rings. The van der Waals surface area contributed by atoms with Gasteiger partial charge in [-0.1, -0.05) is 0 Å². The van der Waals surface area contributed by atoms with E-state index in [-0.39, 0.29) is 17.2 Å². The van der Waals surface area contributed by atoms with Crippen LogP contribution in [-0.2, 0) is 9.47 Å². The molecule has 1 saturated heterocycles. The van der Waals surface area contributed by atoms with Crippen LogP contribution in [0.2, 0.25) is 0 Å². The standard InChI is InChI=1S/C21H31F3N4O5/c1-18(2,3)32-16(29)27-13-8-7-12(26-15(13)25)14-11-20(31,21(22,23)24)9-10-28(14)17(30)33-19(4,5)6/h7-8,14,31H,9-11H2,1-6H3,(H2,25,26)(H,27,29). The number of nitrogens with zero attached hydrogens (tertiary/aromatic N) is 2. The summed E-state index contributed by atoms with van der Waals surface area (Å²) >= 11 is 0. The highest BCUT2D eigenvalue weighted by Crippen LogP contribution is 2.45. The van der Waals surface area contributed by atoms with E-state index in [0.717, 1.165) is 4.90 Å². The van der Waals surface area contributed by atoms with E-state index in [2.05, 4.69) is 10.3 Å². The van der Waals surface area contributed by atoms with Crippen LogP contribution >= 0.6 is 0 Å². The monoisotopic (exact) mass is 476 g/mol. The fraction of sp³-hybridized carbons (Fsp3) is 0.667. The molecule has 0 bridgehead atoms. The molecule has 2 unspecified atom stereocenters. The van der Waals surface area contributed by atoms with Crippen molar-refractivity contribution in [2.75, 3.05) is 17.6 Å². The van der Waals surface area contributed by atoms with Crippen molar-refractivity contribution in [3.05, 3.63) is 17.8 Å². The Kier molecular flexibility index (Phi) is 7.13. The molecule has 2 atom stereocenters. The van der Waals surface area contributed by atoms with Crippen molar-refractivity contribution in [2.45, 2.75) is 83.4 Å². The molecule has 186 valence electrons. The number of halogens is 3. The smallest absolute Gasteiger partial charge is 0.417 e. The van der Waals surface area contributed by atoms with Crippen molar-refractivity contribution < 1.29 is 37.3 Å². The van der Waals surface area contributed by atoms with E-state index in [0.29, 0.717) is 0 Å². The Morgan fingerprint density at radius 3 is 2.21 bits per heavy atom. The first-order valence-corrected chi connectivity index (χ1v) is 10.4. The lowest BCUT2D eigenvalue weighted by Gasteiger charge is -2.44.